The smallest absolute Gasteiger partial charge is 0.135 e. The zero-order valence-corrected chi connectivity index (χ0v) is 13.2. The van der Waals surface area contributed by atoms with Crippen LogP contribution in [0.4, 0.5) is 0 Å². The first-order valence-electron chi connectivity index (χ1n) is 7.03. The van der Waals surface area contributed by atoms with Gasteiger partial charge in [0.15, 0.2) is 0 Å². The van der Waals surface area contributed by atoms with Crippen molar-refractivity contribution in [1.29, 1.82) is 0 Å². The molecular formula is C16H20ClNO3. The molecule has 0 amide bonds. The van der Waals surface area contributed by atoms with Gasteiger partial charge in [-0.15, -0.1) is 0 Å². The Kier molecular flexibility index (Phi) is 6.23. The van der Waals surface area contributed by atoms with Crippen molar-refractivity contribution < 1.29 is 14.2 Å². The van der Waals surface area contributed by atoms with Gasteiger partial charge in [0.2, 0.25) is 0 Å². The Hall–Kier alpha value is -1.36. The van der Waals surface area contributed by atoms with E-state index in [1.807, 2.05) is 24.3 Å². The zero-order valence-electron chi connectivity index (χ0n) is 12.4. The van der Waals surface area contributed by atoms with E-state index in [-0.39, 0.29) is 0 Å². The predicted octanol–water partition coefficient (Wildman–Crippen LogP) is 3.84. The molecule has 0 unspecified atom stereocenters. The summed E-state index contributed by atoms with van der Waals surface area (Å²) < 4.78 is 16.1. The average molecular weight is 310 g/mol. The quantitative estimate of drug-likeness (QED) is 0.549. The fourth-order valence-electron chi connectivity index (χ4n) is 1.94. The predicted molar refractivity (Wildman–Crippen MR) is 84.1 cm³/mol. The molecule has 0 atom stereocenters. The molecule has 0 fully saturated rings. The number of hydrogen-bond donors (Lipinski definition) is 0. The molecule has 0 N–H and O–H groups in total. The monoisotopic (exact) mass is 309 g/mol. The van der Waals surface area contributed by atoms with E-state index in [0.717, 1.165) is 35.2 Å². The summed E-state index contributed by atoms with van der Waals surface area (Å²) in [7, 11) is 1.63. The Morgan fingerprint density at radius 2 is 1.90 bits per heavy atom. The van der Waals surface area contributed by atoms with Crippen LogP contribution in [-0.4, -0.2) is 31.9 Å². The molecule has 0 aliphatic heterocycles. The van der Waals surface area contributed by atoms with Crippen LogP contribution >= 0.6 is 11.6 Å². The maximum Gasteiger partial charge on any atom is 0.135 e. The zero-order chi connectivity index (χ0) is 15.1. The Morgan fingerprint density at radius 3 is 2.67 bits per heavy atom. The van der Waals surface area contributed by atoms with Crippen LogP contribution in [0.5, 0.6) is 5.75 Å². The van der Waals surface area contributed by atoms with Gasteiger partial charge in [-0.05, 0) is 24.6 Å². The minimum absolute atomic E-state index is 0.434. The van der Waals surface area contributed by atoms with E-state index in [1.54, 1.807) is 7.11 Å². The molecule has 2 aromatic rings. The van der Waals surface area contributed by atoms with E-state index in [1.165, 1.54) is 0 Å². The third-order valence-corrected chi connectivity index (χ3v) is 3.36. The van der Waals surface area contributed by atoms with Gasteiger partial charge >= 0.3 is 0 Å². The highest BCUT2D eigenvalue weighted by Gasteiger charge is 2.06. The molecule has 0 saturated carbocycles. The third kappa shape index (κ3) is 4.56. The highest BCUT2D eigenvalue weighted by molar-refractivity contribution is 6.30. The van der Waals surface area contributed by atoms with Crippen molar-refractivity contribution in [2.45, 2.75) is 20.0 Å². The number of aromatic nitrogens is 1. The van der Waals surface area contributed by atoms with E-state index in [2.05, 4.69) is 11.9 Å². The number of benzene rings is 1. The van der Waals surface area contributed by atoms with Crippen LogP contribution in [0.15, 0.2) is 24.3 Å². The summed E-state index contributed by atoms with van der Waals surface area (Å²) in [5.74, 6) is 0.767. The molecule has 0 spiro atoms. The number of hydrogen-bond acceptors (Lipinski definition) is 4. The van der Waals surface area contributed by atoms with Gasteiger partial charge < -0.3 is 14.2 Å². The molecule has 1 aromatic heterocycles. The Morgan fingerprint density at radius 1 is 1.10 bits per heavy atom. The first-order chi connectivity index (χ1) is 10.2. The molecule has 4 nitrogen and oxygen atoms in total. The SMILES string of the molecule is CCCOCCOCc1cc2ccc(OC)cc2nc1Cl. The average Bonchev–Trinajstić information content (AvgIpc) is 2.50. The molecule has 1 heterocycles. The summed E-state index contributed by atoms with van der Waals surface area (Å²) in [6.07, 6.45) is 1.02. The first-order valence-corrected chi connectivity index (χ1v) is 7.41. The second-order valence-electron chi connectivity index (χ2n) is 4.66. The first kappa shape index (κ1) is 16.0. The molecule has 114 valence electrons. The number of halogens is 1. The number of rotatable bonds is 8. The van der Waals surface area contributed by atoms with Gasteiger partial charge in [0, 0.05) is 23.6 Å². The minimum Gasteiger partial charge on any atom is -0.497 e. The molecule has 2 rings (SSSR count). The van der Waals surface area contributed by atoms with Crippen molar-refractivity contribution in [3.8, 4) is 5.75 Å². The molecule has 0 saturated heterocycles. The number of methoxy groups -OCH3 is 1. The van der Waals surface area contributed by atoms with Crippen molar-refractivity contribution in [3.63, 3.8) is 0 Å². The van der Waals surface area contributed by atoms with E-state index >= 15 is 0 Å². The number of fused-ring (bicyclic) bond motifs is 1. The lowest BCUT2D eigenvalue weighted by Gasteiger charge is -2.08. The second-order valence-corrected chi connectivity index (χ2v) is 5.02. The number of ether oxygens (including phenoxy) is 3. The van der Waals surface area contributed by atoms with Crippen LogP contribution in [0.1, 0.15) is 18.9 Å². The summed E-state index contributed by atoms with van der Waals surface area (Å²) >= 11 is 6.20. The second kappa shape index (κ2) is 8.17. The fraction of sp³-hybridized carbons (Fsp3) is 0.438. The number of nitrogens with zero attached hydrogens (tertiary/aromatic N) is 1. The molecule has 0 aliphatic rings. The standard InChI is InChI=1S/C16H20ClNO3/c1-3-6-20-7-8-21-11-13-9-12-4-5-14(19-2)10-15(12)18-16(13)17/h4-5,9-10H,3,6-8,11H2,1-2H3. The van der Waals surface area contributed by atoms with Crippen molar-refractivity contribution in [2.24, 2.45) is 0 Å². The molecular weight excluding hydrogens is 290 g/mol. The Labute approximate surface area is 130 Å². The third-order valence-electron chi connectivity index (χ3n) is 3.03. The van der Waals surface area contributed by atoms with Crippen LogP contribution in [0, 0.1) is 0 Å². The van der Waals surface area contributed by atoms with Crippen molar-refractivity contribution in [2.75, 3.05) is 26.9 Å². The van der Waals surface area contributed by atoms with Crippen molar-refractivity contribution >= 4 is 22.5 Å². The van der Waals surface area contributed by atoms with Gasteiger partial charge in [-0.25, -0.2) is 4.98 Å². The molecule has 21 heavy (non-hydrogen) atoms. The van der Waals surface area contributed by atoms with Crippen LogP contribution in [0.25, 0.3) is 10.9 Å². The van der Waals surface area contributed by atoms with Gasteiger partial charge in [0.1, 0.15) is 10.9 Å². The van der Waals surface area contributed by atoms with Crippen molar-refractivity contribution in [1.82, 2.24) is 4.98 Å². The summed E-state index contributed by atoms with van der Waals surface area (Å²) in [4.78, 5) is 4.39. The Balaban J connectivity index is 1.98. The molecule has 0 radical (unpaired) electrons. The largest absolute Gasteiger partial charge is 0.497 e. The van der Waals surface area contributed by atoms with Crippen molar-refractivity contribution in [3.05, 3.63) is 35.0 Å². The highest BCUT2D eigenvalue weighted by atomic mass is 35.5. The van der Waals surface area contributed by atoms with E-state index in [0.29, 0.717) is 25.0 Å². The van der Waals surface area contributed by atoms with Gasteiger partial charge in [-0.2, -0.15) is 0 Å². The lowest BCUT2D eigenvalue weighted by Crippen LogP contribution is -2.05. The molecule has 0 bridgehead atoms. The van der Waals surface area contributed by atoms with Crippen LogP contribution in [0.2, 0.25) is 5.15 Å². The maximum atomic E-state index is 6.20. The topological polar surface area (TPSA) is 40.6 Å². The van der Waals surface area contributed by atoms with E-state index < -0.39 is 0 Å². The Bertz CT molecular complexity index is 589. The van der Waals surface area contributed by atoms with E-state index in [9.17, 15) is 0 Å². The molecule has 0 aliphatic carbocycles. The summed E-state index contributed by atoms with van der Waals surface area (Å²) in [5.41, 5.74) is 1.69. The van der Waals surface area contributed by atoms with Crippen LogP contribution in [0.3, 0.4) is 0 Å². The molecule has 5 heteroatoms. The van der Waals surface area contributed by atoms with E-state index in [4.69, 9.17) is 25.8 Å². The maximum absolute atomic E-state index is 6.20. The van der Waals surface area contributed by atoms with Gasteiger partial charge in [-0.3, -0.25) is 0 Å². The van der Waals surface area contributed by atoms with Crippen LogP contribution in [-0.2, 0) is 16.1 Å². The van der Waals surface area contributed by atoms with Gasteiger partial charge in [-0.1, -0.05) is 18.5 Å². The lowest BCUT2D eigenvalue weighted by atomic mass is 10.1. The summed E-state index contributed by atoms with van der Waals surface area (Å²) in [5, 5.41) is 1.48. The normalized spacial score (nSPS) is 11.0. The van der Waals surface area contributed by atoms with Crippen LogP contribution < -0.4 is 4.74 Å². The summed E-state index contributed by atoms with van der Waals surface area (Å²) in [6.45, 7) is 4.43. The lowest BCUT2D eigenvalue weighted by molar-refractivity contribution is 0.0408. The highest BCUT2D eigenvalue weighted by Crippen LogP contribution is 2.24. The minimum atomic E-state index is 0.434. The fourth-order valence-corrected chi connectivity index (χ4v) is 2.14. The molecule has 1 aromatic carbocycles. The van der Waals surface area contributed by atoms with Gasteiger partial charge in [0.05, 0.1) is 32.4 Å². The number of pyridine rings is 1. The summed E-state index contributed by atoms with van der Waals surface area (Å²) in [6, 6.07) is 7.73. The van der Waals surface area contributed by atoms with Gasteiger partial charge in [0.25, 0.3) is 0 Å².